The largest absolute Gasteiger partial charge is 0.366 e. The smallest absolute Gasteiger partial charge is 0.241 e. The quantitative estimate of drug-likeness (QED) is 0.832. The summed E-state index contributed by atoms with van der Waals surface area (Å²) in [5.74, 6) is 0.186. The Morgan fingerprint density at radius 3 is 2.61 bits per heavy atom. The van der Waals surface area contributed by atoms with Gasteiger partial charge in [-0.1, -0.05) is 30.3 Å². The molecule has 0 saturated carbocycles. The van der Waals surface area contributed by atoms with Gasteiger partial charge in [0, 0.05) is 29.1 Å². The van der Waals surface area contributed by atoms with Crippen LogP contribution in [0, 0.1) is 6.92 Å². The van der Waals surface area contributed by atoms with Crippen LogP contribution in [0.1, 0.15) is 11.3 Å². The maximum Gasteiger partial charge on any atom is 0.241 e. The third kappa shape index (κ3) is 2.79. The Hall–Kier alpha value is -2.49. The van der Waals surface area contributed by atoms with Gasteiger partial charge in [0.1, 0.15) is 0 Å². The number of carbonyl (C=O) groups is 1. The number of primary amides is 1. The van der Waals surface area contributed by atoms with Crippen molar-refractivity contribution in [3.8, 4) is 11.4 Å². The molecule has 2 aromatic rings. The zero-order valence-corrected chi connectivity index (χ0v) is 10.00. The SMILES string of the molecule is Cc1nc(-c2ccccc2)ncc1C=CC(N)=O. The number of hydrogen-bond acceptors (Lipinski definition) is 3. The summed E-state index contributed by atoms with van der Waals surface area (Å²) in [6.07, 6.45) is 4.60. The number of nitrogens with two attached hydrogens (primary N) is 1. The Bertz CT molecular complexity index is 591. The topological polar surface area (TPSA) is 68.9 Å². The van der Waals surface area contributed by atoms with Crippen LogP contribution in [-0.4, -0.2) is 15.9 Å². The molecule has 1 amide bonds. The molecule has 90 valence electrons. The Morgan fingerprint density at radius 2 is 2.00 bits per heavy atom. The Labute approximate surface area is 105 Å². The molecule has 1 heterocycles. The lowest BCUT2D eigenvalue weighted by Crippen LogP contribution is -2.05. The fourth-order valence-electron chi connectivity index (χ4n) is 1.54. The molecule has 0 radical (unpaired) electrons. The molecule has 0 aliphatic heterocycles. The van der Waals surface area contributed by atoms with Crippen LogP contribution < -0.4 is 5.73 Å². The zero-order valence-electron chi connectivity index (χ0n) is 10.00. The minimum Gasteiger partial charge on any atom is -0.366 e. The Balaban J connectivity index is 2.34. The molecule has 0 saturated heterocycles. The van der Waals surface area contributed by atoms with Crippen molar-refractivity contribution in [2.24, 2.45) is 5.73 Å². The van der Waals surface area contributed by atoms with Gasteiger partial charge in [0.2, 0.25) is 5.91 Å². The van der Waals surface area contributed by atoms with Gasteiger partial charge < -0.3 is 5.73 Å². The molecule has 0 aliphatic rings. The van der Waals surface area contributed by atoms with Gasteiger partial charge in [-0.2, -0.15) is 0 Å². The van der Waals surface area contributed by atoms with Crippen molar-refractivity contribution in [2.75, 3.05) is 0 Å². The highest BCUT2D eigenvalue weighted by atomic mass is 16.1. The Morgan fingerprint density at radius 1 is 1.28 bits per heavy atom. The van der Waals surface area contributed by atoms with Crippen molar-refractivity contribution in [1.82, 2.24) is 9.97 Å². The van der Waals surface area contributed by atoms with Gasteiger partial charge in [0.15, 0.2) is 5.82 Å². The molecular weight excluding hydrogens is 226 g/mol. The lowest BCUT2D eigenvalue weighted by atomic mass is 10.2. The highest BCUT2D eigenvalue weighted by molar-refractivity contribution is 5.90. The minimum absolute atomic E-state index is 0.485. The number of aromatic nitrogens is 2. The second kappa shape index (κ2) is 5.23. The number of aryl methyl sites for hydroxylation is 1. The summed E-state index contributed by atoms with van der Waals surface area (Å²) in [7, 11) is 0. The van der Waals surface area contributed by atoms with E-state index in [2.05, 4.69) is 9.97 Å². The predicted octanol–water partition coefficient (Wildman–Crippen LogP) is 1.95. The molecule has 0 bridgehead atoms. The summed E-state index contributed by atoms with van der Waals surface area (Å²) >= 11 is 0. The molecule has 4 heteroatoms. The van der Waals surface area contributed by atoms with Gasteiger partial charge in [-0.15, -0.1) is 0 Å². The van der Waals surface area contributed by atoms with Crippen molar-refractivity contribution in [3.63, 3.8) is 0 Å². The first-order valence-corrected chi connectivity index (χ1v) is 5.53. The van der Waals surface area contributed by atoms with E-state index in [1.54, 1.807) is 12.3 Å². The number of rotatable bonds is 3. The average Bonchev–Trinajstić information content (AvgIpc) is 2.38. The van der Waals surface area contributed by atoms with Crippen molar-refractivity contribution < 1.29 is 4.79 Å². The van der Waals surface area contributed by atoms with Crippen LogP contribution >= 0.6 is 0 Å². The standard InChI is InChI=1S/C14H13N3O/c1-10-12(7-8-13(15)18)9-16-14(17-10)11-5-3-2-4-6-11/h2-9H,1H3,(H2,15,18). The van der Waals surface area contributed by atoms with E-state index in [-0.39, 0.29) is 0 Å². The molecule has 0 spiro atoms. The molecule has 2 rings (SSSR count). The van der Waals surface area contributed by atoms with E-state index >= 15 is 0 Å². The van der Waals surface area contributed by atoms with E-state index in [0.29, 0.717) is 5.82 Å². The lowest BCUT2D eigenvalue weighted by Gasteiger charge is -2.03. The molecule has 0 aliphatic carbocycles. The first kappa shape index (κ1) is 12.0. The third-order valence-electron chi connectivity index (χ3n) is 2.48. The maximum absolute atomic E-state index is 10.7. The summed E-state index contributed by atoms with van der Waals surface area (Å²) in [6, 6.07) is 9.73. The van der Waals surface area contributed by atoms with Crippen LogP contribution in [0.15, 0.2) is 42.6 Å². The van der Waals surface area contributed by atoms with Gasteiger partial charge in [0.05, 0.1) is 0 Å². The van der Waals surface area contributed by atoms with E-state index in [9.17, 15) is 4.79 Å². The van der Waals surface area contributed by atoms with Gasteiger partial charge >= 0.3 is 0 Å². The van der Waals surface area contributed by atoms with Gasteiger partial charge in [0.25, 0.3) is 0 Å². The number of nitrogens with zero attached hydrogens (tertiary/aromatic N) is 2. The van der Waals surface area contributed by atoms with Crippen molar-refractivity contribution in [1.29, 1.82) is 0 Å². The van der Waals surface area contributed by atoms with Crippen LogP contribution in [0.25, 0.3) is 17.5 Å². The predicted molar refractivity (Wildman–Crippen MR) is 70.4 cm³/mol. The summed E-state index contributed by atoms with van der Waals surface area (Å²) in [5.41, 5.74) is 7.60. The maximum atomic E-state index is 10.7. The molecule has 2 N–H and O–H groups in total. The second-order valence-corrected chi connectivity index (χ2v) is 3.84. The van der Waals surface area contributed by atoms with Crippen LogP contribution in [-0.2, 0) is 4.79 Å². The van der Waals surface area contributed by atoms with Crippen LogP contribution in [0.3, 0.4) is 0 Å². The molecule has 1 aromatic heterocycles. The first-order chi connectivity index (χ1) is 8.66. The number of carbonyl (C=O) groups excluding carboxylic acids is 1. The summed E-state index contributed by atoms with van der Waals surface area (Å²) in [6.45, 7) is 1.87. The van der Waals surface area contributed by atoms with Gasteiger partial charge in [-0.3, -0.25) is 4.79 Å². The lowest BCUT2D eigenvalue weighted by molar-refractivity contribution is -0.113. The fraction of sp³-hybridized carbons (Fsp3) is 0.0714. The summed E-state index contributed by atoms with van der Waals surface area (Å²) in [5, 5.41) is 0. The van der Waals surface area contributed by atoms with E-state index < -0.39 is 5.91 Å². The molecule has 0 unspecified atom stereocenters. The van der Waals surface area contributed by atoms with Crippen molar-refractivity contribution >= 4 is 12.0 Å². The minimum atomic E-state index is -0.485. The summed E-state index contributed by atoms with van der Waals surface area (Å²) in [4.78, 5) is 19.3. The second-order valence-electron chi connectivity index (χ2n) is 3.84. The molecule has 0 atom stereocenters. The molecule has 0 fully saturated rings. The molecule has 4 nitrogen and oxygen atoms in total. The van der Waals surface area contributed by atoms with E-state index in [0.717, 1.165) is 16.8 Å². The fourth-order valence-corrected chi connectivity index (χ4v) is 1.54. The average molecular weight is 239 g/mol. The molecular formula is C14H13N3O. The van der Waals surface area contributed by atoms with Crippen LogP contribution in [0.4, 0.5) is 0 Å². The normalized spacial score (nSPS) is 10.7. The van der Waals surface area contributed by atoms with Crippen molar-refractivity contribution in [3.05, 3.63) is 53.9 Å². The number of amides is 1. The van der Waals surface area contributed by atoms with Gasteiger partial charge in [-0.25, -0.2) is 9.97 Å². The van der Waals surface area contributed by atoms with E-state index in [1.807, 2.05) is 37.3 Å². The highest BCUT2D eigenvalue weighted by Gasteiger charge is 2.03. The monoisotopic (exact) mass is 239 g/mol. The van der Waals surface area contributed by atoms with E-state index in [1.165, 1.54) is 6.08 Å². The summed E-state index contributed by atoms with van der Waals surface area (Å²) < 4.78 is 0. The van der Waals surface area contributed by atoms with Gasteiger partial charge in [-0.05, 0) is 13.0 Å². The number of benzene rings is 1. The van der Waals surface area contributed by atoms with Crippen LogP contribution in [0.5, 0.6) is 0 Å². The molecule has 1 aromatic carbocycles. The molecule has 18 heavy (non-hydrogen) atoms. The number of hydrogen-bond donors (Lipinski definition) is 1. The third-order valence-corrected chi connectivity index (χ3v) is 2.48. The van der Waals surface area contributed by atoms with Crippen LogP contribution in [0.2, 0.25) is 0 Å². The zero-order chi connectivity index (χ0) is 13.0. The van der Waals surface area contributed by atoms with Crippen molar-refractivity contribution in [2.45, 2.75) is 6.92 Å². The Kier molecular flexibility index (Phi) is 3.48. The highest BCUT2D eigenvalue weighted by Crippen LogP contribution is 2.16. The van der Waals surface area contributed by atoms with E-state index in [4.69, 9.17) is 5.73 Å². The first-order valence-electron chi connectivity index (χ1n) is 5.53.